The molecule has 0 radical (unpaired) electrons. The van der Waals surface area contributed by atoms with E-state index in [1.807, 2.05) is 0 Å². The van der Waals surface area contributed by atoms with Crippen LogP contribution in [-0.4, -0.2) is 36.8 Å². The van der Waals surface area contributed by atoms with Gasteiger partial charge in [0.05, 0.1) is 25.2 Å². The smallest absolute Gasteiger partial charge is 0.306 e. The first-order valence-electron chi connectivity index (χ1n) is 9.13. The summed E-state index contributed by atoms with van der Waals surface area (Å²) in [5.41, 5.74) is -0.363. The first-order valence-corrected chi connectivity index (χ1v) is 9.13. The maximum atomic E-state index is 12.5. The van der Waals surface area contributed by atoms with E-state index in [1.54, 1.807) is 38.3 Å². The molecule has 1 saturated carbocycles. The maximum Gasteiger partial charge on any atom is 0.306 e. The van der Waals surface area contributed by atoms with Crippen LogP contribution in [0.25, 0.3) is 0 Å². The van der Waals surface area contributed by atoms with Crippen LogP contribution in [-0.2, 0) is 19.9 Å². The van der Waals surface area contributed by atoms with E-state index in [0.717, 1.165) is 19.3 Å². The van der Waals surface area contributed by atoms with Crippen molar-refractivity contribution in [3.8, 4) is 5.75 Å². The van der Waals surface area contributed by atoms with Crippen molar-refractivity contribution in [1.29, 1.82) is 0 Å². The fraction of sp³-hybridized carbons (Fsp3) is 0.600. The van der Waals surface area contributed by atoms with Crippen LogP contribution in [0, 0.1) is 5.92 Å². The highest BCUT2D eigenvalue weighted by molar-refractivity contribution is 5.79. The Balaban J connectivity index is 2.06. The van der Waals surface area contributed by atoms with Gasteiger partial charge in [-0.15, -0.1) is 0 Å². The molecule has 3 unspecified atom stereocenters. The predicted molar refractivity (Wildman–Crippen MR) is 98.1 cm³/mol. The quantitative estimate of drug-likeness (QED) is 0.741. The largest absolute Gasteiger partial charge is 0.497 e. The van der Waals surface area contributed by atoms with Crippen molar-refractivity contribution in [3.63, 3.8) is 0 Å². The van der Waals surface area contributed by atoms with Crippen molar-refractivity contribution in [2.75, 3.05) is 13.7 Å². The molecule has 6 heteroatoms. The molecule has 1 aliphatic rings. The number of hydrogen-bond donors (Lipinski definition) is 2. The number of benzene rings is 1. The molecule has 144 valence electrons. The van der Waals surface area contributed by atoms with Gasteiger partial charge in [0.2, 0.25) is 5.91 Å². The van der Waals surface area contributed by atoms with Crippen molar-refractivity contribution in [3.05, 3.63) is 29.8 Å². The molecule has 0 saturated heterocycles. The number of rotatable bonds is 8. The minimum absolute atomic E-state index is 0.0613. The zero-order chi connectivity index (χ0) is 19.2. The molecule has 1 aliphatic carbocycles. The number of carboxylic acid groups (broad SMARTS) is 1. The Bertz CT molecular complexity index is 632. The highest BCUT2D eigenvalue weighted by Crippen LogP contribution is 2.29. The van der Waals surface area contributed by atoms with Gasteiger partial charge in [0.1, 0.15) is 12.4 Å². The van der Waals surface area contributed by atoms with E-state index in [1.165, 1.54) is 6.42 Å². The van der Waals surface area contributed by atoms with Gasteiger partial charge in [-0.3, -0.25) is 9.59 Å². The Morgan fingerprint density at radius 1 is 1.31 bits per heavy atom. The number of carbonyl (C=O) groups excluding carboxylic acids is 1. The van der Waals surface area contributed by atoms with Gasteiger partial charge in [0, 0.05) is 0 Å². The number of carbonyl (C=O) groups is 2. The Kier molecular flexibility index (Phi) is 7.03. The zero-order valence-corrected chi connectivity index (χ0v) is 15.8. The van der Waals surface area contributed by atoms with Crippen LogP contribution < -0.4 is 10.1 Å². The third-order valence-corrected chi connectivity index (χ3v) is 5.09. The van der Waals surface area contributed by atoms with E-state index >= 15 is 0 Å². The van der Waals surface area contributed by atoms with Crippen molar-refractivity contribution in [2.45, 2.75) is 57.6 Å². The van der Waals surface area contributed by atoms with Crippen LogP contribution in [0.1, 0.15) is 51.5 Å². The van der Waals surface area contributed by atoms with E-state index < -0.39 is 11.5 Å². The van der Waals surface area contributed by atoms with Crippen molar-refractivity contribution >= 4 is 11.9 Å². The van der Waals surface area contributed by atoms with Crippen molar-refractivity contribution in [1.82, 2.24) is 5.32 Å². The van der Waals surface area contributed by atoms with Gasteiger partial charge >= 0.3 is 5.97 Å². The Morgan fingerprint density at radius 3 is 2.69 bits per heavy atom. The summed E-state index contributed by atoms with van der Waals surface area (Å²) >= 11 is 0. The van der Waals surface area contributed by atoms with Crippen LogP contribution >= 0.6 is 0 Å². The number of ether oxygens (including phenoxy) is 2. The topological polar surface area (TPSA) is 84.9 Å². The average Bonchev–Trinajstić information content (AvgIpc) is 2.60. The van der Waals surface area contributed by atoms with E-state index in [2.05, 4.69) is 12.2 Å². The van der Waals surface area contributed by atoms with Gasteiger partial charge in [0.25, 0.3) is 0 Å². The van der Waals surface area contributed by atoms with Crippen molar-refractivity contribution in [2.24, 2.45) is 5.92 Å². The number of carboxylic acids is 1. The molecule has 6 nitrogen and oxygen atoms in total. The van der Waals surface area contributed by atoms with Crippen LogP contribution in [0.15, 0.2) is 24.3 Å². The molecular weight excluding hydrogens is 334 g/mol. The van der Waals surface area contributed by atoms with Gasteiger partial charge in [-0.25, -0.2) is 0 Å². The van der Waals surface area contributed by atoms with E-state index in [-0.39, 0.29) is 25.0 Å². The summed E-state index contributed by atoms with van der Waals surface area (Å²) in [5.74, 6) is -0.243. The van der Waals surface area contributed by atoms with Gasteiger partial charge in [0.15, 0.2) is 0 Å². The number of amides is 1. The third-order valence-electron chi connectivity index (χ3n) is 5.09. The molecule has 1 aromatic rings. The lowest BCUT2D eigenvalue weighted by molar-refractivity contribution is -0.139. The summed E-state index contributed by atoms with van der Waals surface area (Å²) in [6, 6.07) is 7.09. The van der Waals surface area contributed by atoms with Gasteiger partial charge in [-0.1, -0.05) is 31.9 Å². The summed E-state index contributed by atoms with van der Waals surface area (Å²) in [6.45, 7) is 3.79. The molecule has 26 heavy (non-hydrogen) atoms. The molecule has 1 amide bonds. The van der Waals surface area contributed by atoms with E-state index in [4.69, 9.17) is 9.47 Å². The third kappa shape index (κ3) is 5.46. The Hall–Kier alpha value is -2.08. The number of aliphatic carboxylic acids is 1. The molecule has 3 atom stereocenters. The first-order chi connectivity index (χ1) is 12.3. The Morgan fingerprint density at radius 2 is 2.04 bits per heavy atom. The second kappa shape index (κ2) is 9.03. The Labute approximate surface area is 154 Å². The zero-order valence-electron chi connectivity index (χ0n) is 15.8. The molecule has 0 spiro atoms. The SMILES string of the molecule is COc1cccc(C(C)(CC(=O)O)NC(=O)COC2CCCCC2C)c1. The fourth-order valence-corrected chi connectivity index (χ4v) is 3.54. The lowest BCUT2D eigenvalue weighted by Gasteiger charge is -2.32. The second-order valence-corrected chi connectivity index (χ2v) is 7.29. The van der Waals surface area contributed by atoms with Crippen LogP contribution in [0.4, 0.5) is 0 Å². The molecule has 1 aromatic carbocycles. The number of methoxy groups -OCH3 is 1. The van der Waals surface area contributed by atoms with Crippen LogP contribution in [0.2, 0.25) is 0 Å². The minimum atomic E-state index is -1.04. The average molecular weight is 363 g/mol. The van der Waals surface area contributed by atoms with Gasteiger partial charge in [-0.05, 0) is 43.4 Å². The van der Waals surface area contributed by atoms with Gasteiger partial charge in [-0.2, -0.15) is 0 Å². The number of nitrogens with one attached hydrogen (secondary N) is 1. The molecule has 1 fully saturated rings. The summed E-state index contributed by atoms with van der Waals surface area (Å²) < 4.78 is 11.0. The molecule has 0 aliphatic heterocycles. The predicted octanol–water partition coefficient (Wildman–Crippen LogP) is 3.10. The maximum absolute atomic E-state index is 12.5. The van der Waals surface area contributed by atoms with Gasteiger partial charge < -0.3 is 19.9 Å². The second-order valence-electron chi connectivity index (χ2n) is 7.29. The molecule has 0 aromatic heterocycles. The highest BCUT2D eigenvalue weighted by atomic mass is 16.5. The van der Waals surface area contributed by atoms with Crippen LogP contribution in [0.5, 0.6) is 5.75 Å². The highest BCUT2D eigenvalue weighted by Gasteiger charge is 2.32. The lowest BCUT2D eigenvalue weighted by Crippen LogP contribution is -2.47. The summed E-state index contributed by atoms with van der Waals surface area (Å²) in [4.78, 5) is 23.8. The summed E-state index contributed by atoms with van der Waals surface area (Å²) in [7, 11) is 1.55. The molecule has 2 rings (SSSR count). The molecule has 0 heterocycles. The van der Waals surface area contributed by atoms with Crippen LogP contribution in [0.3, 0.4) is 0 Å². The molecular formula is C20H29NO5. The van der Waals surface area contributed by atoms with Crippen molar-refractivity contribution < 1.29 is 24.2 Å². The normalized spacial score (nSPS) is 22.3. The van der Waals surface area contributed by atoms with E-state index in [0.29, 0.717) is 17.2 Å². The standard InChI is InChI=1S/C20H29NO5/c1-14-7-4-5-10-17(14)26-13-18(22)21-20(2,12-19(23)24)15-8-6-9-16(11-15)25-3/h6,8-9,11,14,17H,4-5,7,10,12-13H2,1-3H3,(H,21,22)(H,23,24). The minimum Gasteiger partial charge on any atom is -0.497 e. The molecule has 2 N–H and O–H groups in total. The fourth-order valence-electron chi connectivity index (χ4n) is 3.54. The summed E-state index contributed by atoms with van der Waals surface area (Å²) in [6.07, 6.45) is 4.28. The summed E-state index contributed by atoms with van der Waals surface area (Å²) in [5, 5.41) is 12.2. The molecule has 0 bridgehead atoms. The lowest BCUT2D eigenvalue weighted by atomic mass is 9.88. The first kappa shape index (κ1) is 20.2. The monoisotopic (exact) mass is 363 g/mol. The van der Waals surface area contributed by atoms with E-state index in [9.17, 15) is 14.7 Å². The number of hydrogen-bond acceptors (Lipinski definition) is 4.